The van der Waals surface area contributed by atoms with Gasteiger partial charge in [0, 0.05) is 11.9 Å². The molecule has 0 bridgehead atoms. The van der Waals surface area contributed by atoms with Gasteiger partial charge in [0.15, 0.2) is 0 Å². The lowest BCUT2D eigenvalue weighted by molar-refractivity contribution is -0.150. The highest BCUT2D eigenvalue weighted by molar-refractivity contribution is 8.18. The van der Waals surface area contributed by atoms with Gasteiger partial charge < -0.3 is 9.72 Å². The number of thioether (sulfide) groups is 1. The van der Waals surface area contributed by atoms with E-state index in [9.17, 15) is 14.4 Å². The average Bonchev–Trinajstić information content (AvgIpc) is 3.03. The van der Waals surface area contributed by atoms with E-state index in [2.05, 4.69) is 4.98 Å². The van der Waals surface area contributed by atoms with Crippen LogP contribution in [-0.4, -0.2) is 39.6 Å². The molecule has 112 valence electrons. The lowest BCUT2D eigenvalue weighted by Gasteiger charge is -2.14. The molecule has 1 fully saturated rings. The highest BCUT2D eigenvalue weighted by Crippen LogP contribution is 2.31. The fourth-order valence-electron chi connectivity index (χ4n) is 1.69. The van der Waals surface area contributed by atoms with Crippen molar-refractivity contribution in [1.29, 1.82) is 0 Å². The van der Waals surface area contributed by atoms with Gasteiger partial charge >= 0.3 is 5.97 Å². The summed E-state index contributed by atoms with van der Waals surface area (Å²) >= 11 is 0.817. The van der Waals surface area contributed by atoms with Crippen LogP contribution in [0.5, 0.6) is 0 Å². The van der Waals surface area contributed by atoms with Crippen molar-refractivity contribution >= 4 is 35.0 Å². The Morgan fingerprint density at radius 3 is 2.90 bits per heavy atom. The maximum absolute atomic E-state index is 12.1. The molecule has 7 heteroatoms. The maximum atomic E-state index is 12.1. The zero-order valence-electron chi connectivity index (χ0n) is 11.8. The second-order valence-electron chi connectivity index (χ2n) is 4.60. The third-order valence-electron chi connectivity index (χ3n) is 2.98. The van der Waals surface area contributed by atoms with Gasteiger partial charge in [-0.05, 0) is 43.3 Å². The molecule has 1 saturated heterocycles. The second-order valence-corrected chi connectivity index (χ2v) is 5.60. The summed E-state index contributed by atoms with van der Waals surface area (Å²) in [5.41, 5.74) is 0.725. The number of nitrogens with zero attached hydrogens (tertiary/aromatic N) is 1. The molecule has 1 aromatic rings. The second kappa shape index (κ2) is 6.62. The number of rotatable bonds is 5. The zero-order chi connectivity index (χ0) is 15.4. The summed E-state index contributed by atoms with van der Waals surface area (Å²) in [6.07, 6.45) is 3.76. The van der Waals surface area contributed by atoms with Crippen LogP contribution in [0.4, 0.5) is 4.79 Å². The molecule has 0 spiro atoms. The Morgan fingerprint density at radius 2 is 2.29 bits per heavy atom. The van der Waals surface area contributed by atoms with E-state index in [-0.39, 0.29) is 12.6 Å². The molecule has 1 aliphatic rings. The number of aromatic amines is 1. The van der Waals surface area contributed by atoms with Crippen LogP contribution in [0.15, 0.2) is 23.2 Å². The van der Waals surface area contributed by atoms with Gasteiger partial charge in [-0.15, -0.1) is 0 Å². The largest absolute Gasteiger partial charge is 0.461 e. The van der Waals surface area contributed by atoms with Crippen molar-refractivity contribution in [1.82, 2.24) is 9.88 Å². The molecule has 6 nitrogen and oxygen atoms in total. The molecule has 1 atom stereocenters. The average molecular weight is 308 g/mol. The smallest absolute Gasteiger partial charge is 0.326 e. The molecule has 1 aromatic heterocycles. The third-order valence-corrected chi connectivity index (χ3v) is 3.88. The van der Waals surface area contributed by atoms with Gasteiger partial charge in [0.1, 0.15) is 6.54 Å². The number of H-pyrrole nitrogens is 1. The lowest BCUT2D eigenvalue weighted by atomic mass is 10.3. The van der Waals surface area contributed by atoms with E-state index in [0.717, 1.165) is 22.4 Å². The SMILES string of the molecule is CC[C@H](C)OC(=O)CN1C(=O)S/C(=C/c2ccc[nH]2)C1=O. The summed E-state index contributed by atoms with van der Waals surface area (Å²) in [7, 11) is 0. The van der Waals surface area contributed by atoms with Gasteiger partial charge in [0.25, 0.3) is 11.1 Å². The number of imide groups is 1. The van der Waals surface area contributed by atoms with E-state index in [1.807, 2.05) is 6.92 Å². The summed E-state index contributed by atoms with van der Waals surface area (Å²) in [5, 5.41) is -0.459. The van der Waals surface area contributed by atoms with Gasteiger partial charge in [-0.25, -0.2) is 0 Å². The molecule has 0 unspecified atom stereocenters. The van der Waals surface area contributed by atoms with Gasteiger partial charge in [-0.1, -0.05) is 6.92 Å². The number of carbonyl (C=O) groups excluding carboxylic acids is 3. The number of aromatic nitrogens is 1. The van der Waals surface area contributed by atoms with Crippen molar-refractivity contribution in [3.05, 3.63) is 28.9 Å². The predicted molar refractivity (Wildman–Crippen MR) is 79.3 cm³/mol. The molecule has 1 N–H and O–H groups in total. The minimum Gasteiger partial charge on any atom is -0.461 e. The first-order chi connectivity index (χ1) is 10.0. The highest BCUT2D eigenvalue weighted by atomic mass is 32.2. The lowest BCUT2D eigenvalue weighted by Crippen LogP contribution is -2.35. The van der Waals surface area contributed by atoms with E-state index >= 15 is 0 Å². The van der Waals surface area contributed by atoms with Crippen LogP contribution in [0.1, 0.15) is 26.0 Å². The Labute approximate surface area is 126 Å². The Balaban J connectivity index is 2.03. The number of hydrogen-bond acceptors (Lipinski definition) is 5. The number of nitrogens with one attached hydrogen (secondary N) is 1. The minimum atomic E-state index is -0.576. The summed E-state index contributed by atoms with van der Waals surface area (Å²) in [5.74, 6) is -1.05. The van der Waals surface area contributed by atoms with Crippen molar-refractivity contribution in [3.63, 3.8) is 0 Å². The van der Waals surface area contributed by atoms with Gasteiger partial charge in [0.05, 0.1) is 11.0 Å². The standard InChI is InChI=1S/C14H16N2O4S/c1-3-9(2)20-12(17)8-16-13(18)11(21-14(16)19)7-10-5-4-6-15-10/h4-7,9,15H,3,8H2,1-2H3/b11-7+/t9-/m0/s1. The molecule has 2 amide bonds. The topological polar surface area (TPSA) is 79.5 Å². The molecular formula is C14H16N2O4S. The number of ether oxygens (including phenoxy) is 1. The molecular weight excluding hydrogens is 292 g/mol. The number of carbonyl (C=O) groups is 3. The Bertz CT molecular complexity index is 580. The molecule has 21 heavy (non-hydrogen) atoms. The van der Waals surface area contributed by atoms with E-state index in [4.69, 9.17) is 4.74 Å². The summed E-state index contributed by atoms with van der Waals surface area (Å²) in [6.45, 7) is 3.30. The third kappa shape index (κ3) is 3.75. The van der Waals surface area contributed by atoms with Gasteiger partial charge in [0.2, 0.25) is 0 Å². The Hall–Kier alpha value is -2.02. The number of amides is 2. The van der Waals surface area contributed by atoms with Crippen molar-refractivity contribution in [2.75, 3.05) is 6.54 Å². The number of hydrogen-bond donors (Lipinski definition) is 1. The molecule has 0 radical (unpaired) electrons. The van der Waals surface area contributed by atoms with Crippen LogP contribution in [0.3, 0.4) is 0 Å². The predicted octanol–water partition coefficient (Wildman–Crippen LogP) is 2.39. The van der Waals surface area contributed by atoms with Crippen LogP contribution in [-0.2, 0) is 14.3 Å². The molecule has 0 aromatic carbocycles. The fraction of sp³-hybridized carbons (Fsp3) is 0.357. The fourth-order valence-corrected chi connectivity index (χ4v) is 2.51. The summed E-state index contributed by atoms with van der Waals surface area (Å²) in [4.78, 5) is 39.8. The minimum absolute atomic E-state index is 0.230. The number of esters is 1. The summed E-state index contributed by atoms with van der Waals surface area (Å²) < 4.78 is 5.08. The van der Waals surface area contributed by atoms with Crippen molar-refractivity contribution < 1.29 is 19.1 Å². The Kier molecular flexibility index (Phi) is 4.85. The highest BCUT2D eigenvalue weighted by Gasteiger charge is 2.36. The van der Waals surface area contributed by atoms with Crippen LogP contribution in [0.25, 0.3) is 6.08 Å². The first kappa shape index (κ1) is 15.4. The van der Waals surface area contributed by atoms with Crippen LogP contribution >= 0.6 is 11.8 Å². The maximum Gasteiger partial charge on any atom is 0.326 e. The molecule has 2 rings (SSSR count). The quantitative estimate of drug-likeness (QED) is 0.667. The van der Waals surface area contributed by atoms with Gasteiger partial charge in [-0.2, -0.15) is 0 Å². The first-order valence-corrected chi connectivity index (χ1v) is 7.41. The zero-order valence-corrected chi connectivity index (χ0v) is 12.6. The first-order valence-electron chi connectivity index (χ1n) is 6.59. The summed E-state index contributed by atoms with van der Waals surface area (Å²) in [6, 6.07) is 3.57. The molecule has 0 saturated carbocycles. The normalized spacial score (nSPS) is 18.4. The van der Waals surface area contributed by atoms with Gasteiger partial charge in [-0.3, -0.25) is 19.3 Å². The van der Waals surface area contributed by atoms with E-state index in [1.165, 1.54) is 0 Å². The van der Waals surface area contributed by atoms with Crippen LogP contribution in [0.2, 0.25) is 0 Å². The van der Waals surface area contributed by atoms with Crippen LogP contribution < -0.4 is 0 Å². The van der Waals surface area contributed by atoms with Crippen LogP contribution in [0, 0.1) is 0 Å². The van der Waals surface area contributed by atoms with E-state index in [1.54, 1.807) is 31.3 Å². The van der Waals surface area contributed by atoms with Crippen molar-refractivity contribution in [2.45, 2.75) is 26.4 Å². The van der Waals surface area contributed by atoms with E-state index in [0.29, 0.717) is 11.3 Å². The molecule has 2 heterocycles. The monoisotopic (exact) mass is 308 g/mol. The van der Waals surface area contributed by atoms with Crippen molar-refractivity contribution in [3.8, 4) is 0 Å². The van der Waals surface area contributed by atoms with Crippen molar-refractivity contribution in [2.24, 2.45) is 0 Å². The molecule has 1 aliphatic heterocycles. The van der Waals surface area contributed by atoms with E-state index < -0.39 is 17.1 Å². The Morgan fingerprint density at radius 1 is 1.52 bits per heavy atom. The molecule has 0 aliphatic carbocycles.